The third-order valence-corrected chi connectivity index (χ3v) is 2.92. The second kappa shape index (κ2) is 5.52. The Balaban J connectivity index is 2.20. The predicted octanol–water partition coefficient (Wildman–Crippen LogP) is 1.68. The van der Waals surface area contributed by atoms with E-state index in [1.54, 1.807) is 0 Å². The number of allylic oxidation sites excluding steroid dienone is 2. The average molecular weight is 257 g/mol. The molecule has 0 unspecified atom stereocenters. The molecule has 19 heavy (non-hydrogen) atoms. The lowest BCUT2D eigenvalue weighted by molar-refractivity contribution is -0.131. The van der Waals surface area contributed by atoms with Crippen LogP contribution in [-0.2, 0) is 20.9 Å². The van der Waals surface area contributed by atoms with E-state index in [4.69, 9.17) is 4.74 Å². The van der Waals surface area contributed by atoms with Crippen molar-refractivity contribution in [2.24, 2.45) is 0 Å². The number of ether oxygens (including phenoxy) is 1. The topological polar surface area (TPSA) is 46.6 Å². The van der Waals surface area contributed by atoms with Crippen LogP contribution in [0.3, 0.4) is 0 Å². The SMILES string of the molecule is COC1=CC(=O)C(=O)C=C1N(C)Cc1ccccc1. The summed E-state index contributed by atoms with van der Waals surface area (Å²) in [5.74, 6) is -0.646. The van der Waals surface area contributed by atoms with Gasteiger partial charge in [0.1, 0.15) is 5.76 Å². The van der Waals surface area contributed by atoms with E-state index in [-0.39, 0.29) is 0 Å². The third kappa shape index (κ3) is 2.91. The minimum absolute atomic E-state index is 0.419. The van der Waals surface area contributed by atoms with Crippen molar-refractivity contribution in [3.05, 3.63) is 59.5 Å². The van der Waals surface area contributed by atoms with E-state index >= 15 is 0 Å². The molecule has 0 radical (unpaired) electrons. The summed E-state index contributed by atoms with van der Waals surface area (Å²) in [6.45, 7) is 0.634. The van der Waals surface area contributed by atoms with Gasteiger partial charge in [0.2, 0.25) is 11.6 Å². The predicted molar refractivity (Wildman–Crippen MR) is 71.1 cm³/mol. The van der Waals surface area contributed by atoms with Gasteiger partial charge < -0.3 is 9.64 Å². The zero-order valence-corrected chi connectivity index (χ0v) is 10.9. The Morgan fingerprint density at radius 3 is 2.32 bits per heavy atom. The highest BCUT2D eigenvalue weighted by Crippen LogP contribution is 2.20. The maximum Gasteiger partial charge on any atom is 0.229 e. The molecule has 0 N–H and O–H groups in total. The lowest BCUT2D eigenvalue weighted by Crippen LogP contribution is -2.25. The highest BCUT2D eigenvalue weighted by Gasteiger charge is 2.23. The van der Waals surface area contributed by atoms with Gasteiger partial charge in [0.25, 0.3) is 0 Å². The summed E-state index contributed by atoms with van der Waals surface area (Å²) in [6, 6.07) is 9.87. The number of rotatable bonds is 4. The quantitative estimate of drug-likeness (QED) is 0.608. The number of benzene rings is 1. The largest absolute Gasteiger partial charge is 0.494 e. The van der Waals surface area contributed by atoms with Gasteiger partial charge in [-0.2, -0.15) is 0 Å². The first-order valence-corrected chi connectivity index (χ1v) is 5.93. The number of hydrogen-bond acceptors (Lipinski definition) is 4. The fourth-order valence-electron chi connectivity index (χ4n) is 1.93. The molecule has 98 valence electrons. The minimum Gasteiger partial charge on any atom is -0.494 e. The van der Waals surface area contributed by atoms with Crippen LogP contribution in [0.25, 0.3) is 0 Å². The van der Waals surface area contributed by atoms with Crippen molar-refractivity contribution < 1.29 is 14.3 Å². The van der Waals surface area contributed by atoms with E-state index in [1.165, 1.54) is 19.3 Å². The van der Waals surface area contributed by atoms with Crippen molar-refractivity contribution >= 4 is 11.6 Å². The molecule has 0 atom stereocenters. The summed E-state index contributed by atoms with van der Waals surface area (Å²) in [5, 5.41) is 0. The Morgan fingerprint density at radius 2 is 1.68 bits per heavy atom. The first-order valence-electron chi connectivity index (χ1n) is 5.93. The summed E-state index contributed by atoms with van der Waals surface area (Å²) < 4.78 is 5.16. The van der Waals surface area contributed by atoms with Crippen LogP contribution >= 0.6 is 0 Å². The van der Waals surface area contributed by atoms with Crippen LogP contribution in [0.1, 0.15) is 5.56 Å². The van der Waals surface area contributed by atoms with Gasteiger partial charge in [0, 0.05) is 25.7 Å². The first-order chi connectivity index (χ1) is 9.11. The number of ketones is 2. The van der Waals surface area contributed by atoms with Gasteiger partial charge in [-0.3, -0.25) is 9.59 Å². The molecule has 0 heterocycles. The van der Waals surface area contributed by atoms with Crippen molar-refractivity contribution in [1.29, 1.82) is 0 Å². The van der Waals surface area contributed by atoms with Gasteiger partial charge in [0.05, 0.1) is 12.8 Å². The molecule has 0 spiro atoms. The molecule has 1 aromatic rings. The number of likely N-dealkylation sites (N-methyl/N-ethyl adjacent to an activating group) is 1. The van der Waals surface area contributed by atoms with Crippen molar-refractivity contribution in [3.8, 4) is 0 Å². The summed E-state index contributed by atoms with van der Waals surface area (Å²) in [6.07, 6.45) is 2.56. The van der Waals surface area contributed by atoms with Crippen LogP contribution in [0.5, 0.6) is 0 Å². The zero-order valence-electron chi connectivity index (χ0n) is 10.9. The monoisotopic (exact) mass is 257 g/mol. The van der Waals surface area contributed by atoms with E-state index in [9.17, 15) is 9.59 Å². The molecule has 1 aromatic carbocycles. The zero-order chi connectivity index (χ0) is 13.8. The van der Waals surface area contributed by atoms with Gasteiger partial charge in [-0.1, -0.05) is 30.3 Å². The summed E-state index contributed by atoms with van der Waals surface area (Å²) >= 11 is 0. The molecule has 1 aliphatic rings. The number of carbonyl (C=O) groups is 2. The van der Waals surface area contributed by atoms with E-state index < -0.39 is 11.6 Å². The molecule has 0 aromatic heterocycles. The Kier molecular flexibility index (Phi) is 3.80. The van der Waals surface area contributed by atoms with Crippen molar-refractivity contribution in [2.45, 2.75) is 6.54 Å². The number of methoxy groups -OCH3 is 1. The lowest BCUT2D eigenvalue weighted by Gasteiger charge is -2.25. The highest BCUT2D eigenvalue weighted by atomic mass is 16.5. The normalized spacial score (nSPS) is 14.8. The van der Waals surface area contributed by atoms with Gasteiger partial charge in [-0.15, -0.1) is 0 Å². The third-order valence-electron chi connectivity index (χ3n) is 2.92. The Labute approximate surface area is 112 Å². The van der Waals surface area contributed by atoms with Crippen LogP contribution < -0.4 is 0 Å². The van der Waals surface area contributed by atoms with Crippen LogP contribution in [0.15, 0.2) is 53.9 Å². The molecule has 4 nitrogen and oxygen atoms in total. The van der Waals surface area contributed by atoms with Crippen LogP contribution in [0, 0.1) is 0 Å². The van der Waals surface area contributed by atoms with Gasteiger partial charge in [-0.25, -0.2) is 0 Å². The second-order valence-electron chi connectivity index (χ2n) is 4.31. The van der Waals surface area contributed by atoms with Crippen molar-refractivity contribution in [1.82, 2.24) is 4.90 Å². The Bertz CT molecular complexity index is 558. The molecule has 0 amide bonds. The molecule has 0 saturated heterocycles. The number of carbonyl (C=O) groups excluding carboxylic acids is 2. The molecular weight excluding hydrogens is 242 g/mol. The summed E-state index contributed by atoms with van der Waals surface area (Å²) in [7, 11) is 3.34. The molecule has 2 rings (SSSR count). The second-order valence-corrected chi connectivity index (χ2v) is 4.31. The van der Waals surface area contributed by atoms with E-state index in [2.05, 4.69) is 0 Å². The fraction of sp³-hybridized carbons (Fsp3) is 0.200. The maximum atomic E-state index is 11.5. The van der Waals surface area contributed by atoms with Gasteiger partial charge in [-0.05, 0) is 5.56 Å². The first kappa shape index (κ1) is 13.1. The molecule has 0 aliphatic heterocycles. The number of hydrogen-bond donors (Lipinski definition) is 0. The van der Waals surface area contributed by atoms with E-state index in [1.807, 2.05) is 42.3 Å². The maximum absolute atomic E-state index is 11.5. The molecule has 1 aliphatic carbocycles. The molecular formula is C15H15NO3. The fourth-order valence-corrected chi connectivity index (χ4v) is 1.93. The molecule has 4 heteroatoms. The van der Waals surface area contributed by atoms with Crippen LogP contribution in [0.4, 0.5) is 0 Å². The van der Waals surface area contributed by atoms with E-state index in [0.29, 0.717) is 18.0 Å². The van der Waals surface area contributed by atoms with Crippen molar-refractivity contribution in [2.75, 3.05) is 14.2 Å². The molecule has 0 fully saturated rings. The molecule has 0 saturated carbocycles. The Hall–Kier alpha value is -2.36. The number of nitrogens with zero attached hydrogens (tertiary/aromatic N) is 1. The van der Waals surface area contributed by atoms with Crippen LogP contribution in [0.2, 0.25) is 0 Å². The summed E-state index contributed by atoms with van der Waals surface area (Å²) in [5.41, 5.74) is 1.74. The van der Waals surface area contributed by atoms with Crippen molar-refractivity contribution in [3.63, 3.8) is 0 Å². The standard InChI is InChI=1S/C15H15NO3/c1-16(10-11-6-4-3-5-7-11)12-8-13(17)14(18)9-15(12)19-2/h3-9H,10H2,1-2H3. The van der Waals surface area contributed by atoms with E-state index in [0.717, 1.165) is 5.56 Å². The minimum atomic E-state index is -0.547. The molecule has 0 bridgehead atoms. The van der Waals surface area contributed by atoms with Crippen LogP contribution in [-0.4, -0.2) is 30.6 Å². The Morgan fingerprint density at radius 1 is 1.05 bits per heavy atom. The van der Waals surface area contributed by atoms with Gasteiger partial charge >= 0.3 is 0 Å². The lowest BCUT2D eigenvalue weighted by atomic mass is 10.1. The van der Waals surface area contributed by atoms with Gasteiger partial charge in [0.15, 0.2) is 0 Å². The highest BCUT2D eigenvalue weighted by molar-refractivity contribution is 6.46. The smallest absolute Gasteiger partial charge is 0.229 e. The average Bonchev–Trinajstić information content (AvgIpc) is 2.42. The summed E-state index contributed by atoms with van der Waals surface area (Å²) in [4.78, 5) is 24.7.